The molecule has 0 aromatic heterocycles. The summed E-state index contributed by atoms with van der Waals surface area (Å²) in [5.41, 5.74) is 0. The van der Waals surface area contributed by atoms with Gasteiger partial charge >= 0.3 is 21.1 Å². The molecule has 2 unspecified atom stereocenters. The molecule has 1 heterocycles. The third-order valence-corrected chi connectivity index (χ3v) is 4.25. The summed E-state index contributed by atoms with van der Waals surface area (Å²) in [5.74, 6) is -7.32. The fourth-order valence-electron chi connectivity index (χ4n) is 1.65. The second kappa shape index (κ2) is 5.65. The molecule has 0 saturated carbocycles. The van der Waals surface area contributed by atoms with Crippen LogP contribution in [0.3, 0.4) is 0 Å². The third kappa shape index (κ3) is 5.70. The van der Waals surface area contributed by atoms with E-state index in [1.54, 1.807) is 0 Å². The maximum absolute atomic E-state index is 12.3. The number of hydrogen-bond acceptors (Lipinski definition) is 6. The SMILES string of the molecule is O=[PH](F)OC1CS(=O)(=O)CC1(OC(F)(F)F)OC(F)(F)F. The van der Waals surface area contributed by atoms with Crippen LogP contribution in [0.25, 0.3) is 0 Å². The summed E-state index contributed by atoms with van der Waals surface area (Å²) >= 11 is 0. The lowest BCUT2D eigenvalue weighted by Crippen LogP contribution is -2.53. The lowest BCUT2D eigenvalue weighted by atomic mass is 10.2. The molecule has 0 radical (unpaired) electrons. The number of sulfone groups is 1. The zero-order valence-corrected chi connectivity index (χ0v) is 11.3. The van der Waals surface area contributed by atoms with Gasteiger partial charge in [0.15, 0.2) is 9.84 Å². The zero-order chi connectivity index (χ0) is 16.7. The van der Waals surface area contributed by atoms with Gasteiger partial charge in [-0.3, -0.25) is 18.6 Å². The van der Waals surface area contributed by atoms with Crippen LogP contribution in [0.1, 0.15) is 0 Å². The minimum atomic E-state index is -5.75. The van der Waals surface area contributed by atoms with Crippen molar-refractivity contribution in [2.75, 3.05) is 11.5 Å². The Morgan fingerprint density at radius 2 is 1.48 bits per heavy atom. The second-order valence-corrected chi connectivity index (χ2v) is 6.63. The highest BCUT2D eigenvalue weighted by Gasteiger charge is 2.63. The summed E-state index contributed by atoms with van der Waals surface area (Å²) in [7, 11) is -9.11. The average molecular weight is 370 g/mol. The smallest absolute Gasteiger partial charge is 0.297 e. The van der Waals surface area contributed by atoms with Crippen molar-refractivity contribution in [1.29, 1.82) is 0 Å². The number of rotatable bonds is 4. The normalized spacial score (nSPS) is 26.7. The summed E-state index contributed by atoms with van der Waals surface area (Å²) in [6.07, 6.45) is -14.2. The van der Waals surface area contributed by atoms with E-state index in [1.807, 2.05) is 0 Å². The molecule has 1 fully saturated rings. The lowest BCUT2D eigenvalue weighted by molar-refractivity contribution is -0.481. The highest BCUT2D eigenvalue weighted by atomic mass is 32.2. The summed E-state index contributed by atoms with van der Waals surface area (Å²) < 4.78 is 128. The van der Waals surface area contributed by atoms with Gasteiger partial charge in [-0.2, -0.15) is 4.20 Å². The molecular weight excluding hydrogens is 364 g/mol. The highest BCUT2D eigenvalue weighted by molar-refractivity contribution is 7.91. The van der Waals surface area contributed by atoms with Gasteiger partial charge in [-0.1, -0.05) is 0 Å². The maximum atomic E-state index is 12.3. The molecule has 0 N–H and O–H groups in total. The van der Waals surface area contributed by atoms with Crippen LogP contribution in [0.5, 0.6) is 0 Å². The molecule has 2 atom stereocenters. The van der Waals surface area contributed by atoms with Gasteiger partial charge < -0.3 is 0 Å². The topological polar surface area (TPSA) is 78.9 Å². The Balaban J connectivity index is 3.26. The lowest BCUT2D eigenvalue weighted by Gasteiger charge is -2.33. The largest absolute Gasteiger partial charge is 0.525 e. The predicted octanol–water partition coefficient (Wildman–Crippen LogP) is 1.93. The molecule has 6 nitrogen and oxygen atoms in total. The van der Waals surface area contributed by atoms with Gasteiger partial charge in [0, 0.05) is 0 Å². The van der Waals surface area contributed by atoms with Gasteiger partial charge in [0.2, 0.25) is 5.79 Å². The van der Waals surface area contributed by atoms with Crippen LogP contribution in [-0.2, 0) is 28.4 Å². The Hall–Kier alpha value is -0.430. The van der Waals surface area contributed by atoms with Crippen molar-refractivity contribution in [3.8, 4) is 0 Å². The number of halogens is 7. The number of hydrogen-bond donors (Lipinski definition) is 0. The van der Waals surface area contributed by atoms with Gasteiger partial charge in [-0.05, 0) is 0 Å². The standard InChI is InChI=1S/C6H6F7O6PS/c7-5(8,9)18-4(19-6(10,11)12)2-21(15,16)1-3(4)17-20(13)14/h3,20H,1-2H2. The molecular formula is C6H6F7O6PS. The second-order valence-electron chi connectivity index (χ2n) is 3.81. The van der Waals surface area contributed by atoms with Crippen molar-refractivity contribution < 1.29 is 57.5 Å². The van der Waals surface area contributed by atoms with Crippen molar-refractivity contribution in [2.24, 2.45) is 0 Å². The molecule has 0 amide bonds. The van der Waals surface area contributed by atoms with Crippen LogP contribution in [-0.4, -0.2) is 44.5 Å². The Morgan fingerprint density at radius 3 is 1.81 bits per heavy atom. The quantitative estimate of drug-likeness (QED) is 0.428. The summed E-state index contributed by atoms with van der Waals surface area (Å²) in [6, 6.07) is 0. The van der Waals surface area contributed by atoms with Crippen molar-refractivity contribution in [3.05, 3.63) is 0 Å². The number of ether oxygens (including phenoxy) is 2. The Labute approximate surface area is 113 Å². The molecule has 1 aliphatic heterocycles. The Morgan fingerprint density at radius 1 is 1.05 bits per heavy atom. The van der Waals surface area contributed by atoms with Crippen molar-refractivity contribution in [1.82, 2.24) is 0 Å². The molecule has 1 rings (SSSR count). The molecule has 0 aliphatic carbocycles. The van der Waals surface area contributed by atoms with Crippen molar-refractivity contribution in [2.45, 2.75) is 24.6 Å². The first-order valence-corrected chi connectivity index (χ1v) is 7.76. The molecule has 0 bridgehead atoms. The molecule has 21 heavy (non-hydrogen) atoms. The van der Waals surface area contributed by atoms with E-state index < -0.39 is 54.3 Å². The van der Waals surface area contributed by atoms with E-state index in [-0.39, 0.29) is 0 Å². The first-order valence-electron chi connectivity index (χ1n) is 4.74. The highest BCUT2D eigenvalue weighted by Crippen LogP contribution is 2.44. The zero-order valence-electron chi connectivity index (χ0n) is 9.50. The summed E-state index contributed by atoms with van der Waals surface area (Å²) in [5, 5.41) is 0. The monoisotopic (exact) mass is 370 g/mol. The Bertz CT molecular complexity index is 497. The van der Waals surface area contributed by atoms with Crippen LogP contribution >= 0.6 is 8.34 Å². The van der Waals surface area contributed by atoms with Crippen LogP contribution in [0.15, 0.2) is 0 Å². The summed E-state index contributed by atoms with van der Waals surface area (Å²) in [4.78, 5) is 0. The van der Waals surface area contributed by atoms with Gasteiger partial charge in [0.1, 0.15) is 11.9 Å². The van der Waals surface area contributed by atoms with Crippen molar-refractivity contribution >= 4 is 18.2 Å². The first-order chi connectivity index (χ1) is 9.14. The van der Waals surface area contributed by atoms with E-state index >= 15 is 0 Å². The van der Waals surface area contributed by atoms with E-state index in [0.717, 1.165) is 0 Å². The average Bonchev–Trinajstić information content (AvgIpc) is 2.27. The van der Waals surface area contributed by atoms with Gasteiger partial charge in [-0.15, -0.1) is 26.3 Å². The molecule has 0 aromatic carbocycles. The first kappa shape index (κ1) is 18.6. The number of alkyl halides is 6. The molecule has 15 heteroatoms. The summed E-state index contributed by atoms with van der Waals surface area (Å²) in [6.45, 7) is 0. The minimum Gasteiger partial charge on any atom is -0.297 e. The van der Waals surface area contributed by atoms with Crippen LogP contribution in [0.4, 0.5) is 30.5 Å². The van der Waals surface area contributed by atoms with E-state index in [1.165, 1.54) is 0 Å². The van der Waals surface area contributed by atoms with Crippen LogP contribution in [0.2, 0.25) is 0 Å². The molecule has 0 spiro atoms. The van der Waals surface area contributed by atoms with Crippen molar-refractivity contribution in [3.63, 3.8) is 0 Å². The van der Waals surface area contributed by atoms with Crippen LogP contribution in [0, 0.1) is 0 Å². The van der Waals surface area contributed by atoms with E-state index in [4.69, 9.17) is 0 Å². The molecule has 1 saturated heterocycles. The predicted molar refractivity (Wildman–Crippen MR) is 50.6 cm³/mol. The van der Waals surface area contributed by atoms with Crippen LogP contribution < -0.4 is 0 Å². The fourth-order valence-corrected chi connectivity index (χ4v) is 4.08. The Kier molecular flexibility index (Phi) is 5.01. The van der Waals surface area contributed by atoms with Gasteiger partial charge in [0.25, 0.3) is 0 Å². The maximum Gasteiger partial charge on any atom is 0.525 e. The molecule has 0 aromatic rings. The molecule has 126 valence electrons. The van der Waals surface area contributed by atoms with Gasteiger partial charge in [-0.25, -0.2) is 8.42 Å². The fraction of sp³-hybridized carbons (Fsp3) is 1.00. The van der Waals surface area contributed by atoms with E-state index in [2.05, 4.69) is 14.0 Å². The van der Waals surface area contributed by atoms with Gasteiger partial charge in [0.05, 0.1) is 5.75 Å². The molecule has 1 aliphatic rings. The minimum absolute atomic E-state index is 1.49. The van der Waals surface area contributed by atoms with E-state index in [9.17, 15) is 43.5 Å². The van der Waals surface area contributed by atoms with E-state index in [0.29, 0.717) is 0 Å². The third-order valence-electron chi connectivity index (χ3n) is 2.13.